The van der Waals surface area contributed by atoms with Crippen molar-refractivity contribution in [3.05, 3.63) is 48.0 Å². The molecule has 0 fully saturated rings. The van der Waals surface area contributed by atoms with Gasteiger partial charge in [0.05, 0.1) is 16.6 Å². The zero-order valence-corrected chi connectivity index (χ0v) is 12.1. The molecule has 110 valence electrons. The molecular weight excluding hydrogens is 300 g/mol. The molecule has 0 atom stereocenters. The number of anilines is 1. The number of aromatic amines is 1. The summed E-state index contributed by atoms with van der Waals surface area (Å²) in [7, 11) is 0. The van der Waals surface area contributed by atoms with Gasteiger partial charge < -0.3 is 21.1 Å². The number of imidazole rings is 1. The SMILES string of the molecule is NC(=S)Nc1ccc(-c2nc3ccc(C(=O)O)cc3[nH]2)cc1. The highest BCUT2D eigenvalue weighted by Crippen LogP contribution is 2.22. The van der Waals surface area contributed by atoms with Crippen LogP contribution in [-0.4, -0.2) is 26.2 Å². The molecular formula is C15H12N4O2S. The molecule has 6 nitrogen and oxygen atoms in total. The van der Waals surface area contributed by atoms with Crippen LogP contribution in [0.15, 0.2) is 42.5 Å². The number of carboxylic acids is 1. The number of hydrogen-bond donors (Lipinski definition) is 4. The van der Waals surface area contributed by atoms with Gasteiger partial charge in [0.2, 0.25) is 0 Å². The highest BCUT2D eigenvalue weighted by molar-refractivity contribution is 7.80. The van der Waals surface area contributed by atoms with E-state index in [1.807, 2.05) is 24.3 Å². The molecule has 0 amide bonds. The van der Waals surface area contributed by atoms with E-state index in [1.165, 1.54) is 6.07 Å². The first-order valence-electron chi connectivity index (χ1n) is 6.43. The molecule has 0 saturated heterocycles. The summed E-state index contributed by atoms with van der Waals surface area (Å²) in [6, 6.07) is 12.2. The van der Waals surface area contributed by atoms with Gasteiger partial charge in [0, 0.05) is 11.3 Å². The maximum Gasteiger partial charge on any atom is 0.335 e. The average molecular weight is 312 g/mol. The zero-order valence-electron chi connectivity index (χ0n) is 11.3. The van der Waals surface area contributed by atoms with Gasteiger partial charge in [-0.25, -0.2) is 9.78 Å². The van der Waals surface area contributed by atoms with E-state index in [4.69, 9.17) is 23.1 Å². The van der Waals surface area contributed by atoms with Crippen LogP contribution < -0.4 is 11.1 Å². The number of H-pyrrole nitrogens is 1. The topological polar surface area (TPSA) is 104 Å². The zero-order chi connectivity index (χ0) is 15.7. The van der Waals surface area contributed by atoms with Crippen LogP contribution in [0, 0.1) is 0 Å². The molecule has 0 bridgehead atoms. The Bertz CT molecular complexity index is 871. The molecule has 0 radical (unpaired) electrons. The maximum absolute atomic E-state index is 11.0. The van der Waals surface area contributed by atoms with Crippen LogP contribution in [-0.2, 0) is 0 Å². The molecule has 0 unspecified atom stereocenters. The normalized spacial score (nSPS) is 10.5. The van der Waals surface area contributed by atoms with Gasteiger partial charge in [-0.15, -0.1) is 0 Å². The van der Waals surface area contributed by atoms with Gasteiger partial charge in [0.15, 0.2) is 5.11 Å². The third kappa shape index (κ3) is 2.75. The van der Waals surface area contributed by atoms with E-state index in [-0.39, 0.29) is 10.7 Å². The van der Waals surface area contributed by atoms with Gasteiger partial charge in [-0.1, -0.05) is 0 Å². The van der Waals surface area contributed by atoms with Crippen molar-refractivity contribution in [1.29, 1.82) is 0 Å². The second-order valence-corrected chi connectivity index (χ2v) is 5.13. The molecule has 1 heterocycles. The van der Waals surface area contributed by atoms with Gasteiger partial charge in [-0.05, 0) is 54.7 Å². The summed E-state index contributed by atoms with van der Waals surface area (Å²) < 4.78 is 0. The Morgan fingerprint density at radius 1 is 1.23 bits per heavy atom. The van der Waals surface area contributed by atoms with Crippen LogP contribution in [0.2, 0.25) is 0 Å². The molecule has 3 rings (SSSR count). The molecule has 7 heteroatoms. The number of aromatic nitrogens is 2. The predicted octanol–water partition coefficient (Wildman–Crippen LogP) is 2.58. The van der Waals surface area contributed by atoms with E-state index < -0.39 is 5.97 Å². The Morgan fingerprint density at radius 2 is 1.95 bits per heavy atom. The summed E-state index contributed by atoms with van der Waals surface area (Å²) in [5.74, 6) is -0.300. The Labute approximate surface area is 131 Å². The lowest BCUT2D eigenvalue weighted by Crippen LogP contribution is -2.18. The van der Waals surface area contributed by atoms with E-state index in [9.17, 15) is 4.79 Å². The van der Waals surface area contributed by atoms with E-state index >= 15 is 0 Å². The third-order valence-corrected chi connectivity index (χ3v) is 3.26. The van der Waals surface area contributed by atoms with Gasteiger partial charge in [0.25, 0.3) is 0 Å². The average Bonchev–Trinajstić information content (AvgIpc) is 2.90. The van der Waals surface area contributed by atoms with Crippen molar-refractivity contribution in [1.82, 2.24) is 9.97 Å². The van der Waals surface area contributed by atoms with Crippen LogP contribution in [0.1, 0.15) is 10.4 Å². The van der Waals surface area contributed by atoms with Crippen LogP contribution in [0.5, 0.6) is 0 Å². The van der Waals surface area contributed by atoms with Crippen molar-refractivity contribution >= 4 is 40.0 Å². The first-order chi connectivity index (χ1) is 10.5. The molecule has 3 aromatic rings. The lowest BCUT2D eigenvalue weighted by atomic mass is 10.2. The Balaban J connectivity index is 1.95. The standard InChI is InChI=1S/C15H12N4O2S/c16-15(22)17-10-4-1-8(2-5-10)13-18-11-6-3-9(14(20)21)7-12(11)19-13/h1-7H,(H,18,19)(H,20,21)(H3,16,17,22). The summed E-state index contributed by atoms with van der Waals surface area (Å²) in [5, 5.41) is 12.1. The number of rotatable bonds is 3. The molecule has 1 aromatic heterocycles. The number of aromatic carboxylic acids is 1. The fraction of sp³-hybridized carbons (Fsp3) is 0. The minimum Gasteiger partial charge on any atom is -0.478 e. The summed E-state index contributed by atoms with van der Waals surface area (Å²) in [6.07, 6.45) is 0. The lowest BCUT2D eigenvalue weighted by Gasteiger charge is -2.03. The summed E-state index contributed by atoms with van der Waals surface area (Å²) >= 11 is 4.78. The van der Waals surface area contributed by atoms with Crippen LogP contribution >= 0.6 is 12.2 Å². The fourth-order valence-corrected chi connectivity index (χ4v) is 2.25. The van der Waals surface area contributed by atoms with Crippen molar-refractivity contribution in [2.24, 2.45) is 5.73 Å². The van der Waals surface area contributed by atoms with E-state index in [2.05, 4.69) is 15.3 Å². The Hall–Kier alpha value is -2.93. The van der Waals surface area contributed by atoms with Crippen molar-refractivity contribution in [3.8, 4) is 11.4 Å². The molecule has 0 aliphatic carbocycles. The van der Waals surface area contributed by atoms with Crippen molar-refractivity contribution < 1.29 is 9.90 Å². The molecule has 0 aliphatic heterocycles. The van der Waals surface area contributed by atoms with Crippen molar-refractivity contribution in [2.75, 3.05) is 5.32 Å². The number of nitrogens with zero attached hydrogens (tertiary/aromatic N) is 1. The number of nitrogens with two attached hydrogens (primary N) is 1. The van der Waals surface area contributed by atoms with Gasteiger partial charge in [-0.2, -0.15) is 0 Å². The first kappa shape index (κ1) is 14.0. The predicted molar refractivity (Wildman–Crippen MR) is 88.9 cm³/mol. The van der Waals surface area contributed by atoms with Gasteiger partial charge in [-0.3, -0.25) is 0 Å². The monoisotopic (exact) mass is 312 g/mol. The second kappa shape index (κ2) is 5.45. The van der Waals surface area contributed by atoms with E-state index in [0.717, 1.165) is 11.3 Å². The Kier molecular flexibility index (Phi) is 3.48. The summed E-state index contributed by atoms with van der Waals surface area (Å²) in [4.78, 5) is 18.6. The molecule has 2 aromatic carbocycles. The quantitative estimate of drug-likeness (QED) is 0.554. The van der Waals surface area contributed by atoms with E-state index in [1.54, 1.807) is 12.1 Å². The fourth-order valence-electron chi connectivity index (χ4n) is 2.13. The minimum absolute atomic E-state index is 0.206. The summed E-state index contributed by atoms with van der Waals surface area (Å²) in [6.45, 7) is 0. The first-order valence-corrected chi connectivity index (χ1v) is 6.84. The molecule has 22 heavy (non-hydrogen) atoms. The smallest absolute Gasteiger partial charge is 0.335 e. The van der Waals surface area contributed by atoms with E-state index in [0.29, 0.717) is 16.9 Å². The third-order valence-electron chi connectivity index (χ3n) is 3.15. The molecule has 5 N–H and O–H groups in total. The van der Waals surface area contributed by atoms with Crippen LogP contribution in [0.25, 0.3) is 22.4 Å². The number of fused-ring (bicyclic) bond motifs is 1. The molecule has 0 aliphatic rings. The number of benzene rings is 2. The molecule has 0 saturated carbocycles. The summed E-state index contributed by atoms with van der Waals surface area (Å²) in [5.41, 5.74) is 8.70. The van der Waals surface area contributed by atoms with Gasteiger partial charge >= 0.3 is 5.97 Å². The van der Waals surface area contributed by atoms with Crippen molar-refractivity contribution in [2.45, 2.75) is 0 Å². The number of carboxylic acid groups (broad SMARTS) is 1. The molecule has 0 spiro atoms. The number of hydrogen-bond acceptors (Lipinski definition) is 3. The van der Waals surface area contributed by atoms with Crippen LogP contribution in [0.4, 0.5) is 5.69 Å². The Morgan fingerprint density at radius 3 is 2.59 bits per heavy atom. The minimum atomic E-state index is -0.966. The van der Waals surface area contributed by atoms with Gasteiger partial charge in [0.1, 0.15) is 5.82 Å². The number of thiocarbonyl (C=S) groups is 1. The lowest BCUT2D eigenvalue weighted by molar-refractivity contribution is 0.0697. The second-order valence-electron chi connectivity index (χ2n) is 4.69. The highest BCUT2D eigenvalue weighted by Gasteiger charge is 2.09. The highest BCUT2D eigenvalue weighted by atomic mass is 32.1. The largest absolute Gasteiger partial charge is 0.478 e. The van der Waals surface area contributed by atoms with Crippen molar-refractivity contribution in [3.63, 3.8) is 0 Å². The van der Waals surface area contributed by atoms with Crippen LogP contribution in [0.3, 0.4) is 0 Å². The number of nitrogens with one attached hydrogen (secondary N) is 2. The number of carbonyl (C=O) groups is 1. The maximum atomic E-state index is 11.0.